The first-order chi connectivity index (χ1) is 11.8. The average molecular weight is 365 g/mol. The summed E-state index contributed by atoms with van der Waals surface area (Å²) in [6.45, 7) is 7.95. The van der Waals surface area contributed by atoms with Gasteiger partial charge >= 0.3 is 0 Å². The van der Waals surface area contributed by atoms with Crippen LogP contribution in [0.25, 0.3) is 0 Å². The molecule has 6 heteroatoms. The summed E-state index contributed by atoms with van der Waals surface area (Å²) in [5, 5.41) is 0. The zero-order valence-electron chi connectivity index (χ0n) is 15.4. The molecule has 2 fully saturated rings. The van der Waals surface area contributed by atoms with Gasteiger partial charge in [0.15, 0.2) is 0 Å². The van der Waals surface area contributed by atoms with E-state index in [9.17, 15) is 13.2 Å². The van der Waals surface area contributed by atoms with Gasteiger partial charge in [-0.05, 0) is 51.2 Å². The van der Waals surface area contributed by atoms with Gasteiger partial charge in [-0.2, -0.15) is 4.31 Å². The summed E-state index contributed by atoms with van der Waals surface area (Å²) in [5.41, 5.74) is 2.53. The molecule has 0 bridgehead atoms. The Morgan fingerprint density at radius 3 is 2.36 bits per heavy atom. The number of Topliss-reactive ketones (excluding diaryl/α,β-unsaturated/α-hetero) is 1. The molecule has 1 saturated carbocycles. The fraction of sp³-hybridized carbons (Fsp3) is 0.632. The van der Waals surface area contributed by atoms with Crippen LogP contribution in [0.3, 0.4) is 0 Å². The van der Waals surface area contributed by atoms with Crippen LogP contribution < -0.4 is 0 Å². The first-order valence-corrected chi connectivity index (χ1v) is 10.5. The maximum Gasteiger partial charge on any atom is 0.246 e. The lowest BCUT2D eigenvalue weighted by atomic mass is 10.1. The fourth-order valence-electron chi connectivity index (χ4n) is 4.31. The van der Waals surface area contributed by atoms with Crippen molar-refractivity contribution in [3.63, 3.8) is 0 Å². The van der Waals surface area contributed by atoms with Gasteiger partial charge in [0.2, 0.25) is 10.0 Å². The lowest BCUT2D eigenvalue weighted by molar-refractivity contribution is -0.125. The molecule has 1 aromatic rings. The second-order valence-electron chi connectivity index (χ2n) is 7.31. The van der Waals surface area contributed by atoms with E-state index in [0.29, 0.717) is 30.8 Å². The SMILES string of the molecule is CC[C@@H]1CO[C@H]([C@@H]2CCCC2=O)N1S(=O)(=O)c1c(C)cc(C)cc1C. The summed E-state index contributed by atoms with van der Waals surface area (Å²) in [6.07, 6.45) is 2.05. The number of hydrogen-bond acceptors (Lipinski definition) is 4. The molecule has 1 aliphatic carbocycles. The number of nitrogens with zero attached hydrogens (tertiary/aromatic N) is 1. The number of benzene rings is 1. The molecule has 1 aliphatic heterocycles. The minimum absolute atomic E-state index is 0.124. The van der Waals surface area contributed by atoms with Crippen LogP contribution >= 0.6 is 0 Å². The zero-order chi connectivity index (χ0) is 18.4. The van der Waals surface area contributed by atoms with Crippen molar-refractivity contribution in [2.75, 3.05) is 6.61 Å². The van der Waals surface area contributed by atoms with Crippen molar-refractivity contribution in [2.24, 2.45) is 5.92 Å². The molecule has 5 nitrogen and oxygen atoms in total. The number of ether oxygens (including phenoxy) is 1. The van der Waals surface area contributed by atoms with Crippen LogP contribution in [0.5, 0.6) is 0 Å². The average Bonchev–Trinajstić information content (AvgIpc) is 3.11. The number of sulfonamides is 1. The van der Waals surface area contributed by atoms with Crippen molar-refractivity contribution in [3.8, 4) is 0 Å². The molecule has 1 saturated heterocycles. The molecular formula is C19H27NO4S. The van der Waals surface area contributed by atoms with Gasteiger partial charge in [-0.3, -0.25) is 4.79 Å². The zero-order valence-corrected chi connectivity index (χ0v) is 16.2. The highest BCUT2D eigenvalue weighted by Gasteiger charge is 2.49. The minimum atomic E-state index is -3.73. The smallest absolute Gasteiger partial charge is 0.246 e. The molecular weight excluding hydrogens is 338 g/mol. The molecule has 0 spiro atoms. The standard InChI is InChI=1S/C19H27NO4S/c1-5-15-11-24-19(16-7-6-8-17(16)21)20(15)25(22,23)18-13(3)9-12(2)10-14(18)4/h9-10,15-16,19H,5-8,11H2,1-4H3/t15-,16-,19-/m1/s1. The van der Waals surface area contributed by atoms with Gasteiger partial charge in [0.05, 0.1) is 23.5 Å². The van der Waals surface area contributed by atoms with Crippen molar-refractivity contribution in [1.82, 2.24) is 4.31 Å². The van der Waals surface area contributed by atoms with Crippen molar-refractivity contribution < 1.29 is 17.9 Å². The van der Waals surface area contributed by atoms with Crippen LogP contribution in [0.4, 0.5) is 0 Å². The monoisotopic (exact) mass is 365 g/mol. The maximum atomic E-state index is 13.6. The first kappa shape index (κ1) is 18.5. The highest BCUT2D eigenvalue weighted by Crippen LogP contribution is 2.38. The molecule has 0 radical (unpaired) electrons. The third kappa shape index (κ3) is 3.15. The van der Waals surface area contributed by atoms with Gasteiger partial charge in [-0.15, -0.1) is 0 Å². The summed E-state index contributed by atoms with van der Waals surface area (Å²) in [4.78, 5) is 12.6. The van der Waals surface area contributed by atoms with Crippen molar-refractivity contribution in [3.05, 3.63) is 28.8 Å². The van der Waals surface area contributed by atoms with Gasteiger partial charge in [0.25, 0.3) is 0 Å². The highest BCUT2D eigenvalue weighted by atomic mass is 32.2. The van der Waals surface area contributed by atoms with E-state index >= 15 is 0 Å². The van der Waals surface area contributed by atoms with Crippen LogP contribution in [0.1, 0.15) is 49.3 Å². The number of aryl methyl sites for hydroxylation is 3. The van der Waals surface area contributed by atoms with Gasteiger partial charge < -0.3 is 4.74 Å². The van der Waals surface area contributed by atoms with Crippen LogP contribution in [0.2, 0.25) is 0 Å². The van der Waals surface area contributed by atoms with Gasteiger partial charge in [-0.1, -0.05) is 24.6 Å². The quantitative estimate of drug-likeness (QED) is 0.822. The van der Waals surface area contributed by atoms with E-state index in [1.54, 1.807) is 0 Å². The Morgan fingerprint density at radius 1 is 1.20 bits per heavy atom. The van der Waals surface area contributed by atoms with Gasteiger partial charge in [0.1, 0.15) is 12.0 Å². The molecule has 2 aliphatic rings. The topological polar surface area (TPSA) is 63.7 Å². The lowest BCUT2D eigenvalue weighted by Crippen LogP contribution is -2.46. The van der Waals surface area contributed by atoms with E-state index in [1.807, 2.05) is 39.8 Å². The molecule has 138 valence electrons. The molecule has 0 unspecified atom stereocenters. The van der Waals surface area contributed by atoms with Gasteiger partial charge in [-0.25, -0.2) is 8.42 Å². The normalized spacial score (nSPS) is 28.0. The lowest BCUT2D eigenvalue weighted by Gasteiger charge is -2.30. The second-order valence-corrected chi connectivity index (χ2v) is 9.09. The van der Waals surface area contributed by atoms with Gasteiger partial charge in [0, 0.05) is 6.42 Å². The van der Waals surface area contributed by atoms with E-state index in [-0.39, 0.29) is 17.7 Å². The number of rotatable bonds is 4. The van der Waals surface area contributed by atoms with E-state index in [0.717, 1.165) is 23.1 Å². The third-order valence-electron chi connectivity index (χ3n) is 5.38. The molecule has 0 aromatic heterocycles. The molecule has 25 heavy (non-hydrogen) atoms. The number of ketones is 1. The summed E-state index contributed by atoms with van der Waals surface area (Å²) < 4.78 is 34.5. The number of carbonyl (C=O) groups excluding carboxylic acids is 1. The van der Waals surface area contributed by atoms with E-state index in [1.165, 1.54) is 4.31 Å². The Morgan fingerprint density at radius 2 is 1.84 bits per heavy atom. The predicted octanol–water partition coefficient (Wildman–Crippen LogP) is 3.11. The van der Waals surface area contributed by atoms with E-state index < -0.39 is 16.3 Å². The first-order valence-electron chi connectivity index (χ1n) is 9.03. The largest absolute Gasteiger partial charge is 0.360 e. The Hall–Kier alpha value is -1.24. The Balaban J connectivity index is 2.08. The maximum absolute atomic E-state index is 13.6. The van der Waals surface area contributed by atoms with E-state index in [4.69, 9.17) is 4.74 Å². The van der Waals surface area contributed by atoms with Crippen LogP contribution in [0.15, 0.2) is 17.0 Å². The highest BCUT2D eigenvalue weighted by molar-refractivity contribution is 7.89. The summed E-state index contributed by atoms with van der Waals surface area (Å²) in [5.74, 6) is -0.211. The Labute approximate surface area is 150 Å². The summed E-state index contributed by atoms with van der Waals surface area (Å²) >= 11 is 0. The fourth-order valence-corrected chi connectivity index (χ4v) is 6.54. The number of carbonyl (C=O) groups is 1. The summed E-state index contributed by atoms with van der Waals surface area (Å²) in [7, 11) is -3.73. The molecule has 0 amide bonds. The summed E-state index contributed by atoms with van der Waals surface area (Å²) in [6, 6.07) is 3.57. The van der Waals surface area contributed by atoms with Crippen LogP contribution in [-0.2, 0) is 19.6 Å². The van der Waals surface area contributed by atoms with Crippen molar-refractivity contribution in [2.45, 2.75) is 70.5 Å². The minimum Gasteiger partial charge on any atom is -0.360 e. The molecule has 3 rings (SSSR count). The van der Waals surface area contributed by atoms with Crippen molar-refractivity contribution in [1.29, 1.82) is 0 Å². The van der Waals surface area contributed by atoms with Crippen LogP contribution in [0, 0.1) is 26.7 Å². The second kappa shape index (κ2) is 6.82. The van der Waals surface area contributed by atoms with Crippen LogP contribution in [-0.4, -0.2) is 37.4 Å². The molecule has 3 atom stereocenters. The molecule has 0 N–H and O–H groups in total. The molecule has 1 heterocycles. The Kier molecular flexibility index (Phi) is 5.06. The predicted molar refractivity (Wildman–Crippen MR) is 95.8 cm³/mol. The third-order valence-corrected chi connectivity index (χ3v) is 7.60. The Bertz CT molecular complexity index is 764. The molecule has 1 aromatic carbocycles. The van der Waals surface area contributed by atoms with E-state index in [2.05, 4.69) is 0 Å². The number of hydrogen-bond donors (Lipinski definition) is 0. The van der Waals surface area contributed by atoms with Crippen molar-refractivity contribution >= 4 is 15.8 Å².